The van der Waals surface area contributed by atoms with Crippen LogP contribution < -0.4 is 4.74 Å². The molecule has 0 aliphatic rings. The summed E-state index contributed by atoms with van der Waals surface area (Å²) in [6.45, 7) is 0. The Balaban J connectivity index is 2.34. The minimum absolute atomic E-state index is 0.173. The first-order valence-corrected chi connectivity index (χ1v) is 5.65. The van der Waals surface area contributed by atoms with E-state index in [0.29, 0.717) is 21.5 Å². The zero-order valence-corrected chi connectivity index (χ0v) is 10.3. The minimum atomic E-state index is 0.173. The van der Waals surface area contributed by atoms with Gasteiger partial charge in [0.15, 0.2) is 0 Å². The average Bonchev–Trinajstić information content (AvgIpc) is 2.32. The summed E-state index contributed by atoms with van der Waals surface area (Å²) < 4.78 is 6.26. The molecule has 0 amide bonds. The van der Waals surface area contributed by atoms with Crippen LogP contribution in [0.2, 0.25) is 0 Å². The lowest BCUT2D eigenvalue weighted by Gasteiger charge is -2.08. The van der Waals surface area contributed by atoms with E-state index in [2.05, 4.69) is 22.0 Å². The van der Waals surface area contributed by atoms with Gasteiger partial charge in [-0.1, -0.05) is 6.07 Å². The molecule has 0 atom stereocenters. The number of nitrogens with zero attached hydrogens (tertiary/aromatic N) is 1. The Labute approximate surface area is 107 Å². The van der Waals surface area contributed by atoms with Crippen molar-refractivity contribution in [3.8, 4) is 23.3 Å². The fourth-order valence-corrected chi connectivity index (χ4v) is 1.78. The molecule has 3 nitrogen and oxygen atoms in total. The molecule has 4 heteroatoms. The second-order valence-electron chi connectivity index (χ2n) is 3.32. The first-order valence-electron chi connectivity index (χ1n) is 4.86. The van der Waals surface area contributed by atoms with Crippen LogP contribution in [0, 0.1) is 11.3 Å². The Morgan fingerprint density at radius 3 is 2.47 bits per heavy atom. The summed E-state index contributed by atoms with van der Waals surface area (Å²) in [5, 5.41) is 18.2. The smallest absolute Gasteiger partial charge is 0.146 e. The van der Waals surface area contributed by atoms with E-state index in [1.807, 2.05) is 0 Å². The SMILES string of the molecule is N#Cc1c(Br)cccc1Oc1ccc(O)cc1. The van der Waals surface area contributed by atoms with Crippen LogP contribution in [0.1, 0.15) is 5.56 Å². The Morgan fingerprint density at radius 2 is 1.82 bits per heavy atom. The highest BCUT2D eigenvalue weighted by atomic mass is 79.9. The number of ether oxygens (including phenoxy) is 1. The van der Waals surface area contributed by atoms with Gasteiger partial charge in [0.1, 0.15) is 28.9 Å². The van der Waals surface area contributed by atoms with Crippen molar-refractivity contribution in [1.29, 1.82) is 5.26 Å². The van der Waals surface area contributed by atoms with Gasteiger partial charge in [0.05, 0.1) is 0 Å². The molecule has 0 aliphatic heterocycles. The highest BCUT2D eigenvalue weighted by Gasteiger charge is 2.07. The van der Waals surface area contributed by atoms with Gasteiger partial charge in [0, 0.05) is 4.47 Å². The molecule has 0 saturated carbocycles. The number of rotatable bonds is 2. The number of phenols is 1. The first kappa shape index (κ1) is 11.5. The number of hydrogen-bond donors (Lipinski definition) is 1. The maximum absolute atomic E-state index is 9.15. The summed E-state index contributed by atoms with van der Waals surface area (Å²) in [7, 11) is 0. The van der Waals surface area contributed by atoms with E-state index in [1.165, 1.54) is 12.1 Å². The molecule has 0 aromatic heterocycles. The molecule has 0 spiro atoms. The number of phenolic OH excluding ortho intramolecular Hbond substituents is 1. The molecule has 84 valence electrons. The zero-order chi connectivity index (χ0) is 12.3. The van der Waals surface area contributed by atoms with Crippen molar-refractivity contribution in [2.75, 3.05) is 0 Å². The van der Waals surface area contributed by atoms with Crippen molar-refractivity contribution < 1.29 is 9.84 Å². The Bertz CT molecular complexity index is 573. The second kappa shape index (κ2) is 4.89. The lowest BCUT2D eigenvalue weighted by atomic mass is 10.2. The van der Waals surface area contributed by atoms with E-state index in [1.54, 1.807) is 30.3 Å². The molecular weight excluding hydrogens is 282 g/mol. The molecule has 2 aromatic carbocycles. The fourth-order valence-electron chi connectivity index (χ4n) is 1.34. The Kier molecular flexibility index (Phi) is 3.31. The monoisotopic (exact) mass is 289 g/mol. The minimum Gasteiger partial charge on any atom is -0.508 e. The van der Waals surface area contributed by atoms with Crippen molar-refractivity contribution in [3.63, 3.8) is 0 Å². The maximum atomic E-state index is 9.15. The predicted octanol–water partition coefficient (Wildman–Crippen LogP) is 3.82. The lowest BCUT2D eigenvalue weighted by molar-refractivity contribution is 0.463. The Morgan fingerprint density at radius 1 is 1.12 bits per heavy atom. The summed E-state index contributed by atoms with van der Waals surface area (Å²) in [5.74, 6) is 1.22. The van der Waals surface area contributed by atoms with Crippen LogP contribution in [0.25, 0.3) is 0 Å². The lowest BCUT2D eigenvalue weighted by Crippen LogP contribution is -1.88. The maximum Gasteiger partial charge on any atom is 0.146 e. The molecule has 0 unspecified atom stereocenters. The molecule has 17 heavy (non-hydrogen) atoms. The number of aromatic hydroxyl groups is 1. The average molecular weight is 290 g/mol. The summed E-state index contributed by atoms with van der Waals surface area (Å²) in [4.78, 5) is 0. The van der Waals surface area contributed by atoms with Gasteiger partial charge < -0.3 is 9.84 Å². The zero-order valence-electron chi connectivity index (χ0n) is 8.72. The molecule has 0 fully saturated rings. The molecule has 0 aliphatic carbocycles. The number of nitriles is 1. The molecule has 0 radical (unpaired) electrons. The normalized spacial score (nSPS) is 9.65. The van der Waals surface area contributed by atoms with Gasteiger partial charge in [-0.3, -0.25) is 0 Å². The molecule has 0 heterocycles. The molecule has 2 aromatic rings. The van der Waals surface area contributed by atoms with Gasteiger partial charge in [-0.15, -0.1) is 0 Å². The van der Waals surface area contributed by atoms with Crippen molar-refractivity contribution in [2.24, 2.45) is 0 Å². The summed E-state index contributed by atoms with van der Waals surface area (Å²) >= 11 is 3.29. The third-order valence-corrected chi connectivity index (χ3v) is 2.81. The number of benzene rings is 2. The number of halogens is 1. The van der Waals surface area contributed by atoms with Gasteiger partial charge in [-0.2, -0.15) is 5.26 Å². The van der Waals surface area contributed by atoms with Crippen molar-refractivity contribution in [1.82, 2.24) is 0 Å². The van der Waals surface area contributed by atoms with E-state index in [4.69, 9.17) is 15.1 Å². The quantitative estimate of drug-likeness (QED) is 0.914. The van der Waals surface area contributed by atoms with Crippen molar-refractivity contribution in [3.05, 3.63) is 52.5 Å². The van der Waals surface area contributed by atoms with Gasteiger partial charge in [0.2, 0.25) is 0 Å². The van der Waals surface area contributed by atoms with Gasteiger partial charge in [-0.05, 0) is 52.3 Å². The summed E-state index contributed by atoms with van der Waals surface area (Å²) in [6, 6.07) is 13.7. The van der Waals surface area contributed by atoms with E-state index in [0.717, 1.165) is 0 Å². The third-order valence-electron chi connectivity index (χ3n) is 2.15. The third kappa shape index (κ3) is 2.58. The first-order chi connectivity index (χ1) is 8.20. The van der Waals surface area contributed by atoms with Crippen molar-refractivity contribution in [2.45, 2.75) is 0 Å². The van der Waals surface area contributed by atoms with Crippen molar-refractivity contribution >= 4 is 15.9 Å². The highest BCUT2D eigenvalue weighted by Crippen LogP contribution is 2.30. The molecule has 0 bridgehead atoms. The van der Waals surface area contributed by atoms with E-state index < -0.39 is 0 Å². The highest BCUT2D eigenvalue weighted by molar-refractivity contribution is 9.10. The summed E-state index contributed by atoms with van der Waals surface area (Å²) in [6.07, 6.45) is 0. The van der Waals surface area contributed by atoms with Crippen LogP contribution in [0.4, 0.5) is 0 Å². The molecular formula is C13H8BrNO2. The van der Waals surface area contributed by atoms with Gasteiger partial charge >= 0.3 is 0 Å². The largest absolute Gasteiger partial charge is 0.508 e. The Hall–Kier alpha value is -1.99. The molecule has 2 rings (SSSR count). The molecule has 0 saturated heterocycles. The second-order valence-corrected chi connectivity index (χ2v) is 4.18. The summed E-state index contributed by atoms with van der Waals surface area (Å²) in [5.41, 5.74) is 0.445. The van der Waals surface area contributed by atoms with Crippen LogP contribution in [0.5, 0.6) is 17.2 Å². The van der Waals surface area contributed by atoms with E-state index >= 15 is 0 Å². The van der Waals surface area contributed by atoms with E-state index in [-0.39, 0.29) is 5.75 Å². The van der Waals surface area contributed by atoms with Gasteiger partial charge in [0.25, 0.3) is 0 Å². The molecule has 1 N–H and O–H groups in total. The topological polar surface area (TPSA) is 53.2 Å². The predicted molar refractivity (Wildman–Crippen MR) is 67.0 cm³/mol. The fraction of sp³-hybridized carbons (Fsp3) is 0. The van der Waals surface area contributed by atoms with E-state index in [9.17, 15) is 0 Å². The van der Waals surface area contributed by atoms with Crippen LogP contribution in [0.3, 0.4) is 0 Å². The van der Waals surface area contributed by atoms with Crippen LogP contribution in [0.15, 0.2) is 46.9 Å². The van der Waals surface area contributed by atoms with Crippen LogP contribution in [-0.4, -0.2) is 5.11 Å². The van der Waals surface area contributed by atoms with Crippen LogP contribution >= 0.6 is 15.9 Å². The van der Waals surface area contributed by atoms with Crippen LogP contribution in [-0.2, 0) is 0 Å². The van der Waals surface area contributed by atoms with Gasteiger partial charge in [-0.25, -0.2) is 0 Å². The standard InChI is InChI=1S/C13H8BrNO2/c14-12-2-1-3-13(11(12)8-15)17-10-6-4-9(16)5-7-10/h1-7,16H. The number of hydrogen-bond acceptors (Lipinski definition) is 3.